The van der Waals surface area contributed by atoms with Gasteiger partial charge < -0.3 is 9.64 Å². The predicted molar refractivity (Wildman–Crippen MR) is 117 cm³/mol. The molecular weight excluding hydrogens is 416 g/mol. The summed E-state index contributed by atoms with van der Waals surface area (Å²) < 4.78 is 32.6. The third kappa shape index (κ3) is 4.74. The summed E-state index contributed by atoms with van der Waals surface area (Å²) in [4.78, 5) is 27.6. The first-order valence-electron chi connectivity index (χ1n) is 10.7. The number of nitrogens with zero attached hydrogens (tertiary/aromatic N) is 2. The van der Waals surface area contributed by atoms with Crippen LogP contribution in [0.5, 0.6) is 0 Å². The molecule has 0 atom stereocenters. The summed E-state index contributed by atoms with van der Waals surface area (Å²) in [5.74, 6) is -2.96. The number of esters is 1. The Morgan fingerprint density at radius 2 is 1.88 bits per heavy atom. The lowest BCUT2D eigenvalue weighted by atomic mass is 9.80. The van der Waals surface area contributed by atoms with Gasteiger partial charge in [0.05, 0.1) is 6.10 Å². The average molecular weight is 446 g/mol. The van der Waals surface area contributed by atoms with Crippen LogP contribution in [0.4, 0.5) is 8.78 Å². The van der Waals surface area contributed by atoms with Crippen LogP contribution in [0.15, 0.2) is 24.4 Å². The summed E-state index contributed by atoms with van der Waals surface area (Å²) >= 11 is 0. The first kappa shape index (κ1) is 23.6. The quantitative estimate of drug-likeness (QED) is 0.682. The maximum atomic E-state index is 13.8. The molecule has 32 heavy (non-hydrogen) atoms. The van der Waals surface area contributed by atoms with Gasteiger partial charge in [-0.25, -0.2) is 13.6 Å². The third-order valence-electron chi connectivity index (χ3n) is 5.23. The van der Waals surface area contributed by atoms with E-state index in [0.717, 1.165) is 29.8 Å². The number of amides is 1. The minimum absolute atomic E-state index is 0.0176. The molecule has 0 saturated heterocycles. The molecule has 0 fully saturated rings. The van der Waals surface area contributed by atoms with Crippen LogP contribution in [-0.4, -0.2) is 39.6 Å². The molecule has 1 aromatic carbocycles. The van der Waals surface area contributed by atoms with Crippen molar-refractivity contribution in [2.24, 2.45) is 5.92 Å². The van der Waals surface area contributed by atoms with E-state index < -0.39 is 28.9 Å². The minimum Gasteiger partial charge on any atom is -0.459 e. The van der Waals surface area contributed by atoms with Gasteiger partial charge in [0.25, 0.3) is 5.91 Å². The number of halogens is 2. The number of hydrogen-bond donors (Lipinski definition) is 1. The number of aromatic nitrogens is 2. The normalized spacial score (nSPS) is 15.4. The van der Waals surface area contributed by atoms with Crippen LogP contribution in [0.2, 0.25) is 0 Å². The molecule has 6 nitrogen and oxygen atoms in total. The molecule has 0 bridgehead atoms. The number of hydrogen-bond acceptors (Lipinski definition) is 4. The number of fused-ring (bicyclic) bond motifs is 1. The van der Waals surface area contributed by atoms with Crippen molar-refractivity contribution in [3.63, 3.8) is 0 Å². The lowest BCUT2D eigenvalue weighted by Crippen LogP contribution is -2.37. The second kappa shape index (κ2) is 8.84. The van der Waals surface area contributed by atoms with Gasteiger partial charge in [0.1, 0.15) is 11.3 Å². The van der Waals surface area contributed by atoms with Gasteiger partial charge in [0, 0.05) is 35.0 Å². The second-order valence-corrected chi connectivity index (χ2v) is 9.47. The fourth-order valence-corrected chi connectivity index (χ4v) is 3.98. The van der Waals surface area contributed by atoms with Gasteiger partial charge in [-0.2, -0.15) is 5.10 Å². The van der Waals surface area contributed by atoms with Crippen LogP contribution >= 0.6 is 0 Å². The summed E-state index contributed by atoms with van der Waals surface area (Å²) in [6.07, 6.45) is 1.75. The van der Waals surface area contributed by atoms with Crippen LogP contribution in [-0.2, 0) is 21.4 Å². The minimum atomic E-state index is -1.11. The first-order valence-corrected chi connectivity index (χ1v) is 10.7. The zero-order valence-corrected chi connectivity index (χ0v) is 19.3. The Morgan fingerprint density at radius 3 is 2.47 bits per heavy atom. The van der Waals surface area contributed by atoms with Gasteiger partial charge in [0.15, 0.2) is 11.6 Å². The van der Waals surface area contributed by atoms with E-state index in [4.69, 9.17) is 4.74 Å². The van der Waals surface area contributed by atoms with Gasteiger partial charge in [-0.05, 0) is 44.4 Å². The number of nitrogens with one attached hydrogen (secondary N) is 1. The molecule has 0 spiro atoms. The first-order chi connectivity index (χ1) is 14.9. The Morgan fingerprint density at radius 1 is 1.19 bits per heavy atom. The molecule has 0 unspecified atom stereocenters. The highest BCUT2D eigenvalue weighted by Gasteiger charge is 2.39. The molecule has 1 aliphatic rings. The number of H-pyrrole nitrogens is 1. The fraction of sp³-hybridized carbons (Fsp3) is 0.458. The van der Waals surface area contributed by atoms with Crippen LogP contribution in [0.1, 0.15) is 68.9 Å². The molecule has 2 heterocycles. The highest BCUT2D eigenvalue weighted by atomic mass is 19.2. The highest BCUT2D eigenvalue weighted by molar-refractivity contribution is 6.17. The van der Waals surface area contributed by atoms with Crippen molar-refractivity contribution in [2.75, 3.05) is 6.54 Å². The van der Waals surface area contributed by atoms with E-state index in [1.807, 2.05) is 13.8 Å². The van der Waals surface area contributed by atoms with E-state index in [2.05, 4.69) is 24.0 Å². The Bertz CT molecular complexity index is 1070. The van der Waals surface area contributed by atoms with Gasteiger partial charge in [-0.3, -0.25) is 9.89 Å². The van der Waals surface area contributed by atoms with E-state index in [1.165, 1.54) is 17.2 Å². The summed E-state index contributed by atoms with van der Waals surface area (Å²) in [6.45, 7) is 11.8. The molecule has 172 valence electrons. The third-order valence-corrected chi connectivity index (χ3v) is 5.23. The van der Waals surface area contributed by atoms with E-state index in [0.29, 0.717) is 11.6 Å². The fourth-order valence-electron chi connectivity index (χ4n) is 3.98. The maximum absolute atomic E-state index is 13.8. The predicted octanol–water partition coefficient (Wildman–Crippen LogP) is 4.61. The standard InChI is InChI=1S/C24H29F2N3O3/c1-13(2)9-19-20-21(28-27-19)16(23(31)32-14(3)4)11-29(12-24(20,5)6)22(30)15-7-8-17(25)18(26)10-15/h7-8,10-11,13-14H,9,12H2,1-6H3,(H,27,28). The Labute approximate surface area is 186 Å². The number of benzene rings is 1. The Kier molecular flexibility index (Phi) is 6.53. The summed E-state index contributed by atoms with van der Waals surface area (Å²) in [5, 5.41) is 7.49. The van der Waals surface area contributed by atoms with Gasteiger partial charge in [0.2, 0.25) is 0 Å². The van der Waals surface area contributed by atoms with E-state index in [9.17, 15) is 18.4 Å². The maximum Gasteiger partial charge on any atom is 0.342 e. The molecule has 1 aromatic heterocycles. The smallest absolute Gasteiger partial charge is 0.342 e. The number of ether oxygens (including phenoxy) is 1. The van der Waals surface area contributed by atoms with Crippen molar-refractivity contribution in [1.82, 2.24) is 15.1 Å². The lowest BCUT2D eigenvalue weighted by Gasteiger charge is -2.30. The highest BCUT2D eigenvalue weighted by Crippen LogP contribution is 2.38. The van der Waals surface area contributed by atoms with Crippen LogP contribution < -0.4 is 0 Å². The van der Waals surface area contributed by atoms with Crippen molar-refractivity contribution >= 4 is 17.4 Å². The van der Waals surface area contributed by atoms with Crippen molar-refractivity contribution in [1.29, 1.82) is 0 Å². The summed E-state index contributed by atoms with van der Waals surface area (Å²) in [6, 6.07) is 3.00. The molecule has 8 heteroatoms. The number of rotatable bonds is 5. The van der Waals surface area contributed by atoms with Crippen LogP contribution in [0.3, 0.4) is 0 Å². The molecule has 1 N–H and O–H groups in total. The zero-order chi connectivity index (χ0) is 23.8. The molecule has 0 saturated carbocycles. The molecule has 3 rings (SSSR count). The molecular formula is C24H29F2N3O3. The van der Waals surface area contributed by atoms with Gasteiger partial charge in [-0.15, -0.1) is 0 Å². The Hall–Kier alpha value is -3.03. The Balaban J connectivity index is 2.13. The second-order valence-electron chi connectivity index (χ2n) is 9.47. The topological polar surface area (TPSA) is 75.3 Å². The molecule has 0 radical (unpaired) electrons. The molecule has 1 aliphatic heterocycles. The number of carbonyl (C=O) groups is 2. The summed E-state index contributed by atoms with van der Waals surface area (Å²) in [7, 11) is 0. The van der Waals surface area contributed by atoms with Gasteiger partial charge in [-0.1, -0.05) is 27.7 Å². The van der Waals surface area contributed by atoms with Crippen molar-refractivity contribution in [3.05, 3.63) is 58.5 Å². The summed E-state index contributed by atoms with van der Waals surface area (Å²) in [5.41, 5.74) is 1.72. The average Bonchev–Trinajstić information content (AvgIpc) is 3.04. The van der Waals surface area contributed by atoms with E-state index in [-0.39, 0.29) is 23.8 Å². The van der Waals surface area contributed by atoms with E-state index >= 15 is 0 Å². The molecule has 2 aromatic rings. The number of aromatic amines is 1. The monoisotopic (exact) mass is 445 g/mol. The van der Waals surface area contributed by atoms with Crippen molar-refractivity contribution in [2.45, 2.75) is 59.5 Å². The number of carbonyl (C=O) groups excluding carboxylic acids is 2. The zero-order valence-electron chi connectivity index (χ0n) is 19.3. The van der Waals surface area contributed by atoms with E-state index in [1.54, 1.807) is 13.8 Å². The largest absolute Gasteiger partial charge is 0.459 e. The lowest BCUT2D eigenvalue weighted by molar-refractivity contribution is -0.140. The van der Waals surface area contributed by atoms with Gasteiger partial charge >= 0.3 is 5.97 Å². The van der Waals surface area contributed by atoms with Crippen molar-refractivity contribution < 1.29 is 23.1 Å². The van der Waals surface area contributed by atoms with Crippen LogP contribution in [0.25, 0.3) is 5.57 Å². The van der Waals surface area contributed by atoms with Crippen LogP contribution in [0, 0.1) is 17.6 Å². The van der Waals surface area contributed by atoms with Crippen molar-refractivity contribution in [3.8, 4) is 0 Å². The molecule has 0 aliphatic carbocycles. The SMILES string of the molecule is CC(C)Cc1[nH]nc2c1C(C)(C)CN(C(=O)c1ccc(F)c(F)c1)C=C2C(=O)OC(C)C. The molecule has 1 amide bonds.